The summed E-state index contributed by atoms with van der Waals surface area (Å²) in [5, 5.41) is 11.7. The van der Waals surface area contributed by atoms with E-state index in [4.69, 9.17) is 9.47 Å². The molecule has 0 saturated heterocycles. The van der Waals surface area contributed by atoms with E-state index in [1.165, 1.54) is 23.1 Å². The van der Waals surface area contributed by atoms with Gasteiger partial charge in [-0.05, 0) is 35.9 Å². The lowest BCUT2D eigenvalue weighted by molar-refractivity contribution is -0.301. The molecule has 5 nitrogen and oxygen atoms in total. The van der Waals surface area contributed by atoms with Crippen molar-refractivity contribution in [1.29, 1.82) is 0 Å². The number of benzene rings is 2. The Kier molecular flexibility index (Phi) is 5.80. The van der Waals surface area contributed by atoms with Crippen LogP contribution in [0.15, 0.2) is 42.5 Å². The maximum Gasteiger partial charge on any atom is 0.131 e. The molecule has 1 heterocycles. The van der Waals surface area contributed by atoms with Gasteiger partial charge in [-0.15, -0.1) is 23.1 Å². The van der Waals surface area contributed by atoms with Crippen molar-refractivity contribution in [1.82, 2.24) is 4.98 Å². The van der Waals surface area contributed by atoms with Crippen molar-refractivity contribution in [3.8, 4) is 11.5 Å². The fraction of sp³-hybridized carbons (Fsp3) is 0.158. The van der Waals surface area contributed by atoms with Gasteiger partial charge in [0.1, 0.15) is 16.5 Å². The van der Waals surface area contributed by atoms with Crippen LogP contribution < -0.4 is 14.6 Å². The van der Waals surface area contributed by atoms with Gasteiger partial charge in [-0.2, -0.15) is 0 Å². The number of hydrogen-bond acceptors (Lipinski definition) is 7. The molecule has 3 aromatic rings. The van der Waals surface area contributed by atoms with Crippen molar-refractivity contribution in [3.63, 3.8) is 0 Å². The van der Waals surface area contributed by atoms with Crippen LogP contribution >= 0.6 is 23.1 Å². The molecule has 0 saturated carbocycles. The third kappa shape index (κ3) is 4.36. The van der Waals surface area contributed by atoms with Crippen molar-refractivity contribution in [2.75, 3.05) is 20.0 Å². The molecule has 0 atom stereocenters. The maximum absolute atomic E-state index is 10.9. The van der Waals surface area contributed by atoms with Crippen LogP contribution in [-0.4, -0.2) is 30.9 Å². The lowest BCUT2D eigenvalue weighted by Gasteiger charge is -2.08. The highest BCUT2D eigenvalue weighted by Crippen LogP contribution is 2.36. The Morgan fingerprint density at radius 2 is 1.88 bits per heavy atom. The van der Waals surface area contributed by atoms with Crippen LogP contribution in [0, 0.1) is 0 Å². The first-order valence-corrected chi connectivity index (χ1v) is 9.52. The third-order valence-corrected chi connectivity index (χ3v) is 5.72. The Balaban J connectivity index is 2.05. The first-order chi connectivity index (χ1) is 12.6. The number of methoxy groups -OCH3 is 2. The van der Waals surface area contributed by atoms with E-state index in [1.54, 1.807) is 20.3 Å². The Labute approximate surface area is 159 Å². The van der Waals surface area contributed by atoms with Gasteiger partial charge in [0.2, 0.25) is 0 Å². The minimum Gasteiger partial charge on any atom is -0.549 e. The predicted molar refractivity (Wildman–Crippen MR) is 105 cm³/mol. The quantitative estimate of drug-likeness (QED) is 0.620. The minimum absolute atomic E-state index is 0.150. The van der Waals surface area contributed by atoms with E-state index in [1.807, 2.05) is 42.5 Å². The summed E-state index contributed by atoms with van der Waals surface area (Å²) in [6.07, 6.45) is 1.89. The van der Waals surface area contributed by atoms with Gasteiger partial charge in [-0.25, -0.2) is 4.98 Å². The van der Waals surface area contributed by atoms with Crippen molar-refractivity contribution < 1.29 is 19.4 Å². The molecule has 3 rings (SSSR count). The Morgan fingerprint density at radius 1 is 1.19 bits per heavy atom. The maximum atomic E-state index is 10.9. The number of rotatable bonds is 7. The lowest BCUT2D eigenvalue weighted by Crippen LogP contribution is -2.24. The molecular formula is C19H16NO4S2-. The number of aromatic nitrogens is 1. The van der Waals surface area contributed by atoms with Gasteiger partial charge in [0.25, 0.3) is 0 Å². The summed E-state index contributed by atoms with van der Waals surface area (Å²) in [5.74, 6) is 0.0432. The zero-order chi connectivity index (χ0) is 18.5. The molecule has 0 aliphatic carbocycles. The number of para-hydroxylation sites is 1. The average molecular weight is 386 g/mol. The fourth-order valence-electron chi connectivity index (χ4n) is 2.34. The number of hydrogen-bond donors (Lipinski definition) is 0. The van der Waals surface area contributed by atoms with Crippen LogP contribution in [0.5, 0.6) is 11.5 Å². The molecule has 0 radical (unpaired) electrons. The molecular weight excluding hydrogens is 370 g/mol. The van der Waals surface area contributed by atoms with Gasteiger partial charge < -0.3 is 19.4 Å². The van der Waals surface area contributed by atoms with E-state index in [0.717, 1.165) is 25.7 Å². The highest BCUT2D eigenvalue weighted by atomic mass is 32.2. The molecule has 134 valence electrons. The number of carboxylic acids is 1. The normalized spacial score (nSPS) is 11.5. The number of ether oxygens (including phenoxy) is 2. The monoisotopic (exact) mass is 386 g/mol. The molecule has 1 aromatic heterocycles. The van der Waals surface area contributed by atoms with Crippen LogP contribution in [-0.2, 0) is 4.79 Å². The summed E-state index contributed by atoms with van der Waals surface area (Å²) < 4.78 is 11.6. The van der Waals surface area contributed by atoms with E-state index in [2.05, 4.69) is 4.98 Å². The van der Waals surface area contributed by atoms with Crippen molar-refractivity contribution in [3.05, 3.63) is 53.0 Å². The molecule has 0 aliphatic rings. The first kappa shape index (κ1) is 18.3. The van der Waals surface area contributed by atoms with Crippen molar-refractivity contribution in [2.24, 2.45) is 0 Å². The summed E-state index contributed by atoms with van der Waals surface area (Å²) in [6, 6.07) is 13.3. The van der Waals surface area contributed by atoms with Gasteiger partial charge in [-0.1, -0.05) is 12.1 Å². The molecule has 0 aliphatic heterocycles. The standard InChI is InChI=1S/C19H17NO4S2/c1-23-13-7-12(8-14(10-13)24-2)9-17(25-11-18(21)22)19-20-15-5-3-4-6-16(15)26-19/h3-10H,11H2,1-2H3,(H,21,22)/p-1/b17-9-. The zero-order valence-corrected chi connectivity index (χ0v) is 15.9. The first-order valence-electron chi connectivity index (χ1n) is 7.72. The van der Waals surface area contributed by atoms with E-state index >= 15 is 0 Å². The molecule has 0 bridgehead atoms. The van der Waals surface area contributed by atoms with E-state index in [0.29, 0.717) is 11.5 Å². The van der Waals surface area contributed by atoms with Crippen LogP contribution in [0.4, 0.5) is 0 Å². The highest BCUT2D eigenvalue weighted by Gasteiger charge is 2.11. The van der Waals surface area contributed by atoms with E-state index in [-0.39, 0.29) is 5.75 Å². The molecule has 0 amide bonds. The summed E-state index contributed by atoms with van der Waals surface area (Å²) in [6.45, 7) is 0. The molecule has 0 N–H and O–H groups in total. The number of nitrogens with zero attached hydrogens (tertiary/aromatic N) is 1. The van der Waals surface area contributed by atoms with E-state index < -0.39 is 5.97 Å². The lowest BCUT2D eigenvalue weighted by atomic mass is 10.2. The van der Waals surface area contributed by atoms with Crippen LogP contribution in [0.3, 0.4) is 0 Å². The average Bonchev–Trinajstić information content (AvgIpc) is 3.08. The molecule has 0 fully saturated rings. The number of aliphatic carboxylic acids is 1. The van der Waals surface area contributed by atoms with Crippen molar-refractivity contribution in [2.45, 2.75) is 0 Å². The van der Waals surface area contributed by atoms with Gasteiger partial charge in [0.15, 0.2) is 0 Å². The molecule has 0 unspecified atom stereocenters. The van der Waals surface area contributed by atoms with Crippen LogP contribution in [0.2, 0.25) is 0 Å². The number of thiazole rings is 1. The summed E-state index contributed by atoms with van der Waals surface area (Å²) in [5.41, 5.74) is 1.72. The number of carbonyl (C=O) groups excluding carboxylic acids is 1. The molecule has 26 heavy (non-hydrogen) atoms. The summed E-state index contributed by atoms with van der Waals surface area (Å²) in [7, 11) is 3.17. The summed E-state index contributed by atoms with van der Waals surface area (Å²) in [4.78, 5) is 16.3. The molecule has 0 spiro atoms. The van der Waals surface area contributed by atoms with Gasteiger partial charge in [0, 0.05) is 16.7 Å². The Morgan fingerprint density at radius 3 is 2.50 bits per heavy atom. The second-order valence-corrected chi connectivity index (χ2v) is 7.35. The Bertz CT molecular complexity index is 910. The SMILES string of the molecule is COc1cc(/C=C(\SCC(=O)[O-])c2nc3ccccc3s2)cc(OC)c1. The van der Waals surface area contributed by atoms with Gasteiger partial charge in [-0.3, -0.25) is 0 Å². The van der Waals surface area contributed by atoms with Crippen LogP contribution in [0.25, 0.3) is 21.2 Å². The number of carbonyl (C=O) groups is 1. The fourth-order valence-corrected chi connectivity index (χ4v) is 4.18. The number of fused-ring (bicyclic) bond motifs is 1. The van der Waals surface area contributed by atoms with Crippen LogP contribution in [0.1, 0.15) is 10.6 Å². The van der Waals surface area contributed by atoms with Gasteiger partial charge in [0.05, 0.1) is 30.4 Å². The van der Waals surface area contributed by atoms with Crippen molar-refractivity contribution >= 4 is 50.3 Å². The number of thioether (sulfide) groups is 1. The number of carboxylic acid groups (broad SMARTS) is 1. The molecule has 2 aromatic carbocycles. The zero-order valence-electron chi connectivity index (χ0n) is 14.2. The van der Waals surface area contributed by atoms with E-state index in [9.17, 15) is 9.90 Å². The molecule has 7 heteroatoms. The third-order valence-electron chi connectivity index (χ3n) is 3.52. The van der Waals surface area contributed by atoms with Gasteiger partial charge >= 0.3 is 0 Å². The second kappa shape index (κ2) is 8.25. The topological polar surface area (TPSA) is 71.5 Å². The smallest absolute Gasteiger partial charge is 0.131 e. The Hall–Kier alpha value is -2.51. The highest BCUT2D eigenvalue weighted by molar-refractivity contribution is 8.09. The summed E-state index contributed by atoms with van der Waals surface area (Å²) >= 11 is 2.71. The minimum atomic E-state index is -1.12. The largest absolute Gasteiger partial charge is 0.549 e. The predicted octanol–water partition coefficient (Wildman–Crippen LogP) is 3.29. The second-order valence-electron chi connectivity index (χ2n) is 5.30.